The molecule has 3 atom stereocenters. The second-order valence-corrected chi connectivity index (χ2v) is 8.79. The molecule has 0 bridgehead atoms. The number of fused-ring (bicyclic) bond motifs is 1. The topological polar surface area (TPSA) is 23.6 Å². The Hall–Kier alpha value is -1.94. The van der Waals surface area contributed by atoms with Gasteiger partial charge in [-0.25, -0.2) is 0 Å². The number of halogens is 1. The molecule has 0 radical (unpaired) electrons. The summed E-state index contributed by atoms with van der Waals surface area (Å²) in [5, 5.41) is 0. The molecule has 1 aromatic rings. The average Bonchev–Trinajstić information content (AvgIpc) is 3.51. The standard InChI is InChI=1S/C25H34N2O.C2H6.CH3F/c1-3-7-25(28)27(22-10-11-23-19(2)24(23)18-22)21-13-16-26(17-14-21)15-12-20-8-5-4-6-9-20;2*1-2/h4-6,8-11,18-19,21,23-24H,3,7,12-17H2,1-2H3;1-2H3;1H3. The van der Waals surface area contributed by atoms with E-state index >= 15 is 0 Å². The van der Waals surface area contributed by atoms with Crippen molar-refractivity contribution >= 4 is 5.91 Å². The van der Waals surface area contributed by atoms with Crippen molar-refractivity contribution < 1.29 is 9.18 Å². The Balaban J connectivity index is 0.000000860. The van der Waals surface area contributed by atoms with Gasteiger partial charge in [-0.15, -0.1) is 0 Å². The third-order valence-electron chi connectivity index (χ3n) is 6.86. The molecule has 4 rings (SSSR count). The number of hydrogen-bond donors (Lipinski definition) is 0. The van der Waals surface area contributed by atoms with Crippen LogP contribution in [-0.2, 0) is 11.2 Å². The van der Waals surface area contributed by atoms with Crippen LogP contribution in [0.4, 0.5) is 4.39 Å². The molecule has 1 aliphatic heterocycles. The summed E-state index contributed by atoms with van der Waals surface area (Å²) in [6, 6.07) is 11.1. The fourth-order valence-electron chi connectivity index (χ4n) is 4.94. The lowest BCUT2D eigenvalue weighted by molar-refractivity contribution is -0.131. The zero-order chi connectivity index (χ0) is 23.5. The summed E-state index contributed by atoms with van der Waals surface area (Å²) in [6.07, 6.45) is 11.8. The van der Waals surface area contributed by atoms with Gasteiger partial charge in [-0.1, -0.05) is 70.2 Å². The van der Waals surface area contributed by atoms with E-state index in [1.165, 1.54) is 11.3 Å². The predicted molar refractivity (Wildman–Crippen MR) is 133 cm³/mol. The predicted octanol–water partition coefficient (Wildman–Crippen LogP) is 6.27. The van der Waals surface area contributed by atoms with Gasteiger partial charge in [0.25, 0.3) is 0 Å². The first-order valence-electron chi connectivity index (χ1n) is 12.5. The van der Waals surface area contributed by atoms with Crippen molar-refractivity contribution in [3.05, 3.63) is 59.8 Å². The summed E-state index contributed by atoms with van der Waals surface area (Å²) in [7, 11) is 0.500. The lowest BCUT2D eigenvalue weighted by Crippen LogP contribution is -2.47. The first-order chi connectivity index (χ1) is 15.7. The number of alkyl halides is 1. The Kier molecular flexibility index (Phi) is 11.2. The Morgan fingerprint density at radius 3 is 2.34 bits per heavy atom. The van der Waals surface area contributed by atoms with Crippen LogP contribution in [0.5, 0.6) is 0 Å². The van der Waals surface area contributed by atoms with Crippen LogP contribution in [0.1, 0.15) is 58.9 Å². The molecule has 32 heavy (non-hydrogen) atoms. The van der Waals surface area contributed by atoms with Gasteiger partial charge < -0.3 is 9.80 Å². The molecule has 0 aromatic heterocycles. The van der Waals surface area contributed by atoms with Gasteiger partial charge >= 0.3 is 0 Å². The van der Waals surface area contributed by atoms with E-state index < -0.39 is 0 Å². The fraction of sp³-hybridized carbons (Fsp3) is 0.607. The van der Waals surface area contributed by atoms with Crippen LogP contribution in [0, 0.1) is 17.8 Å². The smallest absolute Gasteiger partial charge is 0.227 e. The minimum absolute atomic E-state index is 0.313. The summed E-state index contributed by atoms with van der Waals surface area (Å²) in [4.78, 5) is 17.7. The largest absolute Gasteiger partial charge is 0.310 e. The van der Waals surface area contributed by atoms with Crippen molar-refractivity contribution in [2.45, 2.75) is 65.8 Å². The van der Waals surface area contributed by atoms with Crippen LogP contribution in [-0.4, -0.2) is 48.6 Å². The van der Waals surface area contributed by atoms with Crippen LogP contribution >= 0.6 is 0 Å². The molecular weight excluding hydrogens is 399 g/mol. The Morgan fingerprint density at radius 1 is 1.09 bits per heavy atom. The van der Waals surface area contributed by atoms with E-state index in [2.05, 4.69) is 72.2 Å². The maximum atomic E-state index is 13.0. The van der Waals surface area contributed by atoms with Crippen LogP contribution < -0.4 is 0 Å². The minimum Gasteiger partial charge on any atom is -0.310 e. The summed E-state index contributed by atoms with van der Waals surface area (Å²) in [5.41, 5.74) is 2.58. The number of benzene rings is 1. The van der Waals surface area contributed by atoms with E-state index in [0.29, 0.717) is 37.4 Å². The number of hydrogen-bond acceptors (Lipinski definition) is 2. The molecule has 1 saturated heterocycles. The second kappa shape index (κ2) is 13.6. The van der Waals surface area contributed by atoms with Gasteiger partial charge in [0.2, 0.25) is 5.91 Å². The summed E-state index contributed by atoms with van der Waals surface area (Å²) >= 11 is 0. The Morgan fingerprint density at radius 2 is 1.75 bits per heavy atom. The van der Waals surface area contributed by atoms with E-state index in [-0.39, 0.29) is 0 Å². The number of likely N-dealkylation sites (tertiary alicyclic amines) is 1. The number of piperidine rings is 1. The number of carbonyl (C=O) groups excluding carboxylic acids is 1. The molecule has 3 unspecified atom stereocenters. The molecule has 2 aliphatic carbocycles. The van der Waals surface area contributed by atoms with Crippen molar-refractivity contribution in [2.24, 2.45) is 17.8 Å². The van der Waals surface area contributed by atoms with E-state index in [1.54, 1.807) is 0 Å². The van der Waals surface area contributed by atoms with Crippen molar-refractivity contribution in [1.29, 1.82) is 0 Å². The maximum absolute atomic E-state index is 13.0. The van der Waals surface area contributed by atoms with Crippen LogP contribution in [0.2, 0.25) is 0 Å². The molecule has 1 aromatic carbocycles. The molecule has 1 saturated carbocycles. The SMILES string of the molecule is CC.CCCC(=O)N(C1=CC2C(C)C2C=C1)C1CCN(CCc2ccccc2)CC1.CF. The van der Waals surface area contributed by atoms with Gasteiger partial charge in [0, 0.05) is 37.8 Å². The summed E-state index contributed by atoms with van der Waals surface area (Å²) < 4.78 is 9.50. The monoisotopic (exact) mass is 442 g/mol. The third kappa shape index (κ3) is 6.78. The highest BCUT2D eigenvalue weighted by Gasteiger charge is 2.45. The van der Waals surface area contributed by atoms with E-state index in [9.17, 15) is 9.18 Å². The zero-order valence-electron chi connectivity index (χ0n) is 20.8. The van der Waals surface area contributed by atoms with Gasteiger partial charge in [0.1, 0.15) is 0 Å². The normalized spacial score (nSPS) is 24.2. The van der Waals surface area contributed by atoms with Gasteiger partial charge in [0.05, 0.1) is 7.18 Å². The van der Waals surface area contributed by atoms with E-state index in [4.69, 9.17) is 0 Å². The molecule has 1 heterocycles. The van der Waals surface area contributed by atoms with Gasteiger partial charge in [-0.05, 0) is 55.1 Å². The van der Waals surface area contributed by atoms with Crippen molar-refractivity contribution in [1.82, 2.24) is 9.80 Å². The number of nitrogens with zero attached hydrogens (tertiary/aromatic N) is 2. The van der Waals surface area contributed by atoms with Crippen molar-refractivity contribution in [2.75, 3.05) is 26.8 Å². The molecule has 1 amide bonds. The quantitative estimate of drug-likeness (QED) is 0.497. The van der Waals surface area contributed by atoms with Crippen molar-refractivity contribution in [3.8, 4) is 0 Å². The van der Waals surface area contributed by atoms with Crippen LogP contribution in [0.25, 0.3) is 0 Å². The second-order valence-electron chi connectivity index (χ2n) is 8.79. The number of carbonyl (C=O) groups is 1. The highest BCUT2D eigenvalue weighted by atomic mass is 19.1. The number of rotatable bonds is 7. The summed E-state index contributed by atoms with van der Waals surface area (Å²) in [5.74, 6) is 2.43. The zero-order valence-corrected chi connectivity index (χ0v) is 20.8. The highest BCUT2D eigenvalue weighted by Crippen LogP contribution is 2.51. The van der Waals surface area contributed by atoms with Gasteiger partial charge in [-0.3, -0.25) is 9.18 Å². The van der Waals surface area contributed by atoms with Crippen LogP contribution in [0.15, 0.2) is 54.3 Å². The fourth-order valence-corrected chi connectivity index (χ4v) is 4.94. The molecule has 0 spiro atoms. The molecule has 3 nitrogen and oxygen atoms in total. The van der Waals surface area contributed by atoms with E-state index in [1.807, 2.05) is 13.8 Å². The maximum Gasteiger partial charge on any atom is 0.227 e. The third-order valence-corrected chi connectivity index (χ3v) is 6.86. The molecule has 3 aliphatic rings. The first kappa shape index (κ1) is 26.3. The number of allylic oxidation sites excluding steroid dienone is 3. The van der Waals surface area contributed by atoms with Crippen molar-refractivity contribution in [3.63, 3.8) is 0 Å². The number of amides is 1. The molecule has 178 valence electrons. The molecule has 4 heteroatoms. The Bertz CT molecular complexity index is 737. The highest BCUT2D eigenvalue weighted by molar-refractivity contribution is 5.79. The van der Waals surface area contributed by atoms with E-state index in [0.717, 1.165) is 51.2 Å². The molecular formula is C28H43FN2O. The molecule has 0 N–H and O–H groups in total. The van der Waals surface area contributed by atoms with Gasteiger partial charge in [-0.2, -0.15) is 0 Å². The van der Waals surface area contributed by atoms with Crippen LogP contribution in [0.3, 0.4) is 0 Å². The minimum atomic E-state index is 0.313. The molecule has 2 fully saturated rings. The lowest BCUT2D eigenvalue weighted by atomic mass is 9.99. The first-order valence-corrected chi connectivity index (χ1v) is 12.5. The average molecular weight is 443 g/mol. The summed E-state index contributed by atoms with van der Waals surface area (Å²) in [6.45, 7) is 11.7. The lowest BCUT2D eigenvalue weighted by Gasteiger charge is -2.39. The Labute approximate surface area is 195 Å². The van der Waals surface area contributed by atoms with Gasteiger partial charge in [0.15, 0.2) is 0 Å².